The lowest BCUT2D eigenvalue weighted by molar-refractivity contribution is 0.134. The Hall–Kier alpha value is -1.67. The second kappa shape index (κ2) is 5.76. The molecule has 3 rings (SSSR count). The number of rotatable bonds is 3. The number of nitrogens with zero attached hydrogens (tertiary/aromatic N) is 1. The highest BCUT2D eigenvalue weighted by atomic mass is 16.3. The third kappa shape index (κ3) is 2.48. The van der Waals surface area contributed by atoms with Crippen LogP contribution in [0.4, 0.5) is 0 Å². The molecule has 2 unspecified atom stereocenters. The van der Waals surface area contributed by atoms with E-state index in [9.17, 15) is 5.11 Å². The van der Waals surface area contributed by atoms with Crippen LogP contribution in [0, 0.1) is 0 Å². The number of hydrogen-bond donors (Lipinski definition) is 1. The molecule has 1 heterocycles. The third-order valence-electron chi connectivity index (χ3n) is 4.35. The molecule has 2 nitrogen and oxygen atoms in total. The van der Waals surface area contributed by atoms with Gasteiger partial charge in [0.15, 0.2) is 0 Å². The Balaban J connectivity index is 1.89. The highest BCUT2D eigenvalue weighted by Crippen LogP contribution is 2.39. The van der Waals surface area contributed by atoms with Gasteiger partial charge in [-0.15, -0.1) is 0 Å². The normalized spacial score (nSPS) is 19.4. The SMILES string of the molecule is CCc1ccc(C(O)C2CCCc3cccnc32)cc1. The van der Waals surface area contributed by atoms with E-state index in [1.807, 2.05) is 12.3 Å². The Labute approximate surface area is 120 Å². The van der Waals surface area contributed by atoms with Gasteiger partial charge >= 0.3 is 0 Å². The van der Waals surface area contributed by atoms with Gasteiger partial charge in [0.25, 0.3) is 0 Å². The number of aryl methyl sites for hydroxylation is 2. The smallest absolute Gasteiger partial charge is 0.0873 e. The van der Waals surface area contributed by atoms with Crippen LogP contribution in [0.1, 0.15) is 54.2 Å². The summed E-state index contributed by atoms with van der Waals surface area (Å²) in [5.74, 6) is 0.132. The van der Waals surface area contributed by atoms with Crippen molar-refractivity contribution in [3.63, 3.8) is 0 Å². The molecular weight excluding hydrogens is 246 g/mol. The van der Waals surface area contributed by atoms with E-state index < -0.39 is 6.10 Å². The third-order valence-corrected chi connectivity index (χ3v) is 4.35. The van der Waals surface area contributed by atoms with Gasteiger partial charge in [0.1, 0.15) is 0 Å². The van der Waals surface area contributed by atoms with E-state index in [1.165, 1.54) is 11.1 Å². The molecule has 2 heteroatoms. The highest BCUT2D eigenvalue weighted by molar-refractivity contribution is 5.31. The zero-order valence-corrected chi connectivity index (χ0v) is 11.9. The lowest BCUT2D eigenvalue weighted by Crippen LogP contribution is -2.18. The number of hydrogen-bond acceptors (Lipinski definition) is 2. The van der Waals surface area contributed by atoms with Crippen LogP contribution < -0.4 is 0 Å². The van der Waals surface area contributed by atoms with Gasteiger partial charge in [-0.25, -0.2) is 0 Å². The number of aliphatic hydroxyl groups excluding tert-OH is 1. The maximum Gasteiger partial charge on any atom is 0.0873 e. The zero-order valence-electron chi connectivity index (χ0n) is 11.9. The minimum absolute atomic E-state index is 0.132. The first-order chi connectivity index (χ1) is 9.79. The molecule has 20 heavy (non-hydrogen) atoms. The summed E-state index contributed by atoms with van der Waals surface area (Å²) in [5.41, 5.74) is 4.70. The molecule has 0 saturated heterocycles. The van der Waals surface area contributed by atoms with E-state index in [0.29, 0.717) is 0 Å². The first-order valence-electron chi connectivity index (χ1n) is 7.50. The summed E-state index contributed by atoms with van der Waals surface area (Å²) in [7, 11) is 0. The van der Waals surface area contributed by atoms with E-state index in [2.05, 4.69) is 42.2 Å². The van der Waals surface area contributed by atoms with Crippen molar-refractivity contribution in [2.45, 2.75) is 44.6 Å². The van der Waals surface area contributed by atoms with Gasteiger partial charge in [0.05, 0.1) is 6.10 Å². The summed E-state index contributed by atoms with van der Waals surface area (Å²) in [6, 6.07) is 12.5. The van der Waals surface area contributed by atoms with Crippen LogP contribution in [-0.2, 0) is 12.8 Å². The van der Waals surface area contributed by atoms with Gasteiger partial charge in [-0.1, -0.05) is 37.3 Å². The summed E-state index contributed by atoms with van der Waals surface area (Å²) in [5, 5.41) is 10.7. The first-order valence-corrected chi connectivity index (χ1v) is 7.50. The van der Waals surface area contributed by atoms with Crippen LogP contribution in [0.3, 0.4) is 0 Å². The molecule has 0 fully saturated rings. The van der Waals surface area contributed by atoms with Crippen LogP contribution in [0.5, 0.6) is 0 Å². The topological polar surface area (TPSA) is 33.1 Å². The molecule has 104 valence electrons. The molecule has 0 radical (unpaired) electrons. The summed E-state index contributed by atoms with van der Waals surface area (Å²) >= 11 is 0. The number of aromatic nitrogens is 1. The van der Waals surface area contributed by atoms with Crippen LogP contribution in [-0.4, -0.2) is 10.1 Å². The maximum atomic E-state index is 10.7. The molecule has 2 atom stereocenters. The second-order valence-electron chi connectivity index (χ2n) is 5.59. The average molecular weight is 267 g/mol. The Morgan fingerprint density at radius 1 is 1.25 bits per heavy atom. The number of pyridine rings is 1. The number of aliphatic hydroxyl groups is 1. The molecule has 1 aliphatic carbocycles. The zero-order chi connectivity index (χ0) is 13.9. The van der Waals surface area contributed by atoms with Crippen molar-refractivity contribution < 1.29 is 5.11 Å². The largest absolute Gasteiger partial charge is 0.388 e. The summed E-state index contributed by atoms with van der Waals surface area (Å²) in [6.45, 7) is 2.15. The van der Waals surface area contributed by atoms with Crippen molar-refractivity contribution in [1.29, 1.82) is 0 Å². The Bertz CT molecular complexity index is 576. The fourth-order valence-corrected chi connectivity index (χ4v) is 3.14. The minimum Gasteiger partial charge on any atom is -0.388 e. The van der Waals surface area contributed by atoms with Crippen molar-refractivity contribution in [2.24, 2.45) is 0 Å². The van der Waals surface area contributed by atoms with E-state index >= 15 is 0 Å². The molecule has 1 aromatic heterocycles. The Morgan fingerprint density at radius 3 is 2.80 bits per heavy atom. The van der Waals surface area contributed by atoms with Crippen LogP contribution in [0.25, 0.3) is 0 Å². The van der Waals surface area contributed by atoms with Crippen molar-refractivity contribution in [2.75, 3.05) is 0 Å². The van der Waals surface area contributed by atoms with Crippen LogP contribution in [0.2, 0.25) is 0 Å². The van der Waals surface area contributed by atoms with Gasteiger partial charge in [-0.3, -0.25) is 4.98 Å². The molecule has 0 bridgehead atoms. The monoisotopic (exact) mass is 267 g/mol. The molecule has 1 aliphatic rings. The van der Waals surface area contributed by atoms with E-state index in [1.54, 1.807) is 0 Å². The van der Waals surface area contributed by atoms with Gasteiger partial charge in [-0.05, 0) is 48.4 Å². The number of benzene rings is 1. The lowest BCUT2D eigenvalue weighted by atomic mass is 9.81. The van der Waals surface area contributed by atoms with E-state index in [4.69, 9.17) is 0 Å². The fourth-order valence-electron chi connectivity index (χ4n) is 3.14. The van der Waals surface area contributed by atoms with Gasteiger partial charge in [0, 0.05) is 17.8 Å². The Morgan fingerprint density at radius 2 is 2.05 bits per heavy atom. The van der Waals surface area contributed by atoms with Crippen molar-refractivity contribution >= 4 is 0 Å². The summed E-state index contributed by atoms with van der Waals surface area (Å²) < 4.78 is 0. The molecule has 1 aromatic carbocycles. The molecule has 0 saturated carbocycles. The van der Waals surface area contributed by atoms with Crippen LogP contribution >= 0.6 is 0 Å². The van der Waals surface area contributed by atoms with Gasteiger partial charge < -0.3 is 5.11 Å². The van der Waals surface area contributed by atoms with Crippen LogP contribution in [0.15, 0.2) is 42.6 Å². The highest BCUT2D eigenvalue weighted by Gasteiger charge is 2.28. The fraction of sp³-hybridized carbons (Fsp3) is 0.389. The molecular formula is C18H21NO. The molecule has 2 aromatic rings. The minimum atomic E-state index is -0.449. The van der Waals surface area contributed by atoms with E-state index in [0.717, 1.165) is 36.9 Å². The standard InChI is InChI=1S/C18H21NO/c1-2-13-8-10-15(11-9-13)18(20)16-7-3-5-14-6-4-12-19-17(14)16/h4,6,8-12,16,18,20H,2-3,5,7H2,1H3. The Kier molecular flexibility index (Phi) is 3.83. The number of fused-ring (bicyclic) bond motifs is 1. The summed E-state index contributed by atoms with van der Waals surface area (Å²) in [6.07, 6.45) is 5.65. The predicted molar refractivity (Wildman–Crippen MR) is 80.7 cm³/mol. The van der Waals surface area contributed by atoms with Crippen molar-refractivity contribution in [1.82, 2.24) is 4.98 Å². The quantitative estimate of drug-likeness (QED) is 0.917. The molecule has 0 aliphatic heterocycles. The average Bonchev–Trinajstić information content (AvgIpc) is 2.54. The molecule has 0 spiro atoms. The van der Waals surface area contributed by atoms with Crippen molar-refractivity contribution in [3.05, 3.63) is 65.0 Å². The first kappa shape index (κ1) is 13.3. The lowest BCUT2D eigenvalue weighted by Gasteiger charge is -2.28. The predicted octanol–water partition coefficient (Wildman–Crippen LogP) is 3.80. The molecule has 0 amide bonds. The van der Waals surface area contributed by atoms with Gasteiger partial charge in [0.2, 0.25) is 0 Å². The van der Waals surface area contributed by atoms with Gasteiger partial charge in [-0.2, -0.15) is 0 Å². The maximum absolute atomic E-state index is 10.7. The van der Waals surface area contributed by atoms with E-state index in [-0.39, 0.29) is 5.92 Å². The molecule has 1 N–H and O–H groups in total. The second-order valence-corrected chi connectivity index (χ2v) is 5.59. The van der Waals surface area contributed by atoms with Crippen molar-refractivity contribution in [3.8, 4) is 0 Å². The summed E-state index contributed by atoms with van der Waals surface area (Å²) in [4.78, 5) is 4.52.